The Bertz CT molecular complexity index is 520. The summed E-state index contributed by atoms with van der Waals surface area (Å²) >= 11 is 0. The van der Waals surface area contributed by atoms with Gasteiger partial charge in [0, 0.05) is 37.8 Å². The second kappa shape index (κ2) is 6.22. The zero-order valence-corrected chi connectivity index (χ0v) is 12.3. The lowest BCUT2D eigenvalue weighted by Gasteiger charge is -2.32. The average Bonchev–Trinajstić information content (AvgIpc) is 2.97. The highest BCUT2D eigenvalue weighted by Crippen LogP contribution is 2.29. The minimum absolute atomic E-state index is 0.0910. The first kappa shape index (κ1) is 15.4. The number of rotatable bonds is 5. The molecule has 1 aliphatic rings. The molecular weight excluding hydrogens is 268 g/mol. The van der Waals surface area contributed by atoms with Crippen molar-refractivity contribution in [1.82, 2.24) is 9.88 Å². The predicted molar refractivity (Wildman–Crippen MR) is 79.0 cm³/mol. The van der Waals surface area contributed by atoms with E-state index in [4.69, 9.17) is 11.5 Å². The molecule has 1 saturated heterocycles. The van der Waals surface area contributed by atoms with E-state index in [0.717, 1.165) is 5.56 Å². The third-order valence-corrected chi connectivity index (χ3v) is 4.28. The molecule has 114 valence electrons. The Morgan fingerprint density at radius 1 is 1.43 bits per heavy atom. The molecule has 1 aliphatic heterocycles. The molecule has 2 atom stereocenters. The first-order chi connectivity index (χ1) is 9.97. The van der Waals surface area contributed by atoms with Gasteiger partial charge in [-0.3, -0.25) is 14.6 Å². The van der Waals surface area contributed by atoms with Crippen molar-refractivity contribution in [1.29, 1.82) is 0 Å². The highest BCUT2D eigenvalue weighted by molar-refractivity contribution is 5.85. The van der Waals surface area contributed by atoms with Crippen LogP contribution < -0.4 is 11.5 Å². The molecule has 0 bridgehead atoms. The van der Waals surface area contributed by atoms with E-state index in [1.807, 2.05) is 19.1 Å². The van der Waals surface area contributed by atoms with Gasteiger partial charge in [-0.1, -0.05) is 6.92 Å². The highest BCUT2D eigenvalue weighted by atomic mass is 16.2. The summed E-state index contributed by atoms with van der Waals surface area (Å²) in [6.45, 7) is 2.97. The third kappa shape index (κ3) is 3.21. The topological polar surface area (TPSA) is 102 Å². The summed E-state index contributed by atoms with van der Waals surface area (Å²) in [7, 11) is 0. The van der Waals surface area contributed by atoms with Crippen LogP contribution in [0.1, 0.15) is 25.3 Å². The van der Waals surface area contributed by atoms with Gasteiger partial charge in [-0.2, -0.15) is 0 Å². The number of nitrogens with zero attached hydrogens (tertiary/aromatic N) is 2. The van der Waals surface area contributed by atoms with Gasteiger partial charge in [0.05, 0.1) is 0 Å². The number of hydrogen-bond acceptors (Lipinski definition) is 4. The number of primary amides is 1. The Balaban J connectivity index is 2.16. The second-order valence-corrected chi connectivity index (χ2v) is 5.62. The number of hydrogen-bond donors (Lipinski definition) is 2. The molecule has 21 heavy (non-hydrogen) atoms. The van der Waals surface area contributed by atoms with Crippen molar-refractivity contribution in [3.05, 3.63) is 30.1 Å². The van der Waals surface area contributed by atoms with E-state index in [9.17, 15) is 9.59 Å². The van der Waals surface area contributed by atoms with Crippen molar-refractivity contribution in [3.8, 4) is 0 Å². The van der Waals surface area contributed by atoms with E-state index >= 15 is 0 Å². The zero-order valence-electron chi connectivity index (χ0n) is 12.3. The fourth-order valence-corrected chi connectivity index (χ4v) is 2.90. The maximum Gasteiger partial charge on any atom is 0.238 e. The number of amides is 2. The molecule has 4 N–H and O–H groups in total. The Morgan fingerprint density at radius 3 is 2.67 bits per heavy atom. The largest absolute Gasteiger partial charge is 0.368 e. The summed E-state index contributed by atoms with van der Waals surface area (Å²) in [6, 6.07) is 3.66. The van der Waals surface area contributed by atoms with Gasteiger partial charge in [-0.25, -0.2) is 0 Å². The molecule has 6 nitrogen and oxygen atoms in total. The van der Waals surface area contributed by atoms with Gasteiger partial charge in [0.2, 0.25) is 11.8 Å². The summed E-state index contributed by atoms with van der Waals surface area (Å²) in [4.78, 5) is 29.4. The van der Waals surface area contributed by atoms with Crippen LogP contribution in [0.5, 0.6) is 0 Å². The molecule has 2 heterocycles. The molecular formula is C15H22N4O2. The van der Waals surface area contributed by atoms with E-state index in [0.29, 0.717) is 32.4 Å². The number of carbonyl (C=O) groups excluding carboxylic acids is 2. The first-order valence-electron chi connectivity index (χ1n) is 7.23. The molecule has 1 aromatic heterocycles. The van der Waals surface area contributed by atoms with Gasteiger partial charge in [0.15, 0.2) is 0 Å². The standard InChI is InChI=1S/C15H22N4O2/c1-2-13(20)19-8-5-12(10-19)15(17,14(16)21)9-11-3-6-18-7-4-11/h3-4,6-7,12H,2,5,8-10,17H2,1H3,(H2,16,21). The summed E-state index contributed by atoms with van der Waals surface area (Å²) < 4.78 is 0. The monoisotopic (exact) mass is 290 g/mol. The van der Waals surface area contributed by atoms with Crippen LogP contribution in [-0.4, -0.2) is 40.3 Å². The van der Waals surface area contributed by atoms with Crippen molar-refractivity contribution in [3.63, 3.8) is 0 Å². The summed E-state index contributed by atoms with van der Waals surface area (Å²) in [5.74, 6) is -0.540. The van der Waals surface area contributed by atoms with Gasteiger partial charge in [0.1, 0.15) is 5.54 Å². The molecule has 2 rings (SSSR count). The van der Waals surface area contributed by atoms with Gasteiger partial charge >= 0.3 is 0 Å². The van der Waals surface area contributed by atoms with Crippen LogP contribution in [0, 0.1) is 5.92 Å². The van der Waals surface area contributed by atoms with Crippen molar-refractivity contribution < 1.29 is 9.59 Å². The lowest BCUT2D eigenvalue weighted by atomic mass is 9.78. The number of likely N-dealkylation sites (tertiary alicyclic amines) is 1. The predicted octanol–water partition coefficient (Wildman–Crippen LogP) is 0.0654. The molecule has 1 aromatic rings. The fraction of sp³-hybridized carbons (Fsp3) is 0.533. The molecule has 2 unspecified atom stereocenters. The van der Waals surface area contributed by atoms with E-state index in [1.165, 1.54) is 0 Å². The third-order valence-electron chi connectivity index (χ3n) is 4.28. The van der Waals surface area contributed by atoms with Crippen LogP contribution in [0.25, 0.3) is 0 Å². The van der Waals surface area contributed by atoms with Gasteiger partial charge in [0.25, 0.3) is 0 Å². The molecule has 0 aliphatic carbocycles. The molecule has 0 saturated carbocycles. The summed E-state index contributed by atoms with van der Waals surface area (Å²) in [5, 5.41) is 0. The molecule has 0 radical (unpaired) electrons. The maximum atomic E-state index is 11.9. The minimum atomic E-state index is -1.13. The first-order valence-corrected chi connectivity index (χ1v) is 7.23. The normalized spacial score (nSPS) is 21.0. The minimum Gasteiger partial charge on any atom is -0.368 e. The van der Waals surface area contributed by atoms with E-state index in [1.54, 1.807) is 17.3 Å². The quantitative estimate of drug-likeness (QED) is 0.800. The average molecular weight is 290 g/mol. The van der Waals surface area contributed by atoms with Crippen LogP contribution in [0.4, 0.5) is 0 Å². The lowest BCUT2D eigenvalue weighted by Crippen LogP contribution is -2.59. The summed E-state index contributed by atoms with van der Waals surface area (Å²) in [5.41, 5.74) is 11.7. The maximum absolute atomic E-state index is 11.9. The van der Waals surface area contributed by atoms with Crippen LogP contribution >= 0.6 is 0 Å². The van der Waals surface area contributed by atoms with Crippen LogP contribution in [-0.2, 0) is 16.0 Å². The highest BCUT2D eigenvalue weighted by Gasteiger charge is 2.44. The van der Waals surface area contributed by atoms with Crippen LogP contribution in [0.2, 0.25) is 0 Å². The number of aromatic nitrogens is 1. The van der Waals surface area contributed by atoms with Gasteiger partial charge in [-0.05, 0) is 30.5 Å². The number of carbonyl (C=O) groups is 2. The smallest absolute Gasteiger partial charge is 0.238 e. The fourth-order valence-electron chi connectivity index (χ4n) is 2.90. The van der Waals surface area contributed by atoms with Crippen molar-refractivity contribution in [2.45, 2.75) is 31.7 Å². The lowest BCUT2D eigenvalue weighted by molar-refractivity contribution is -0.131. The Kier molecular flexibility index (Phi) is 4.57. The Hall–Kier alpha value is -1.95. The van der Waals surface area contributed by atoms with Crippen molar-refractivity contribution in [2.75, 3.05) is 13.1 Å². The summed E-state index contributed by atoms with van der Waals surface area (Å²) in [6.07, 6.45) is 4.86. The number of pyridine rings is 1. The van der Waals surface area contributed by atoms with E-state index in [-0.39, 0.29) is 11.8 Å². The zero-order chi connectivity index (χ0) is 15.5. The Morgan fingerprint density at radius 2 is 2.10 bits per heavy atom. The van der Waals surface area contributed by atoms with E-state index in [2.05, 4.69) is 4.98 Å². The molecule has 2 amide bonds. The molecule has 1 fully saturated rings. The molecule has 0 aromatic carbocycles. The van der Waals surface area contributed by atoms with Gasteiger partial charge < -0.3 is 16.4 Å². The van der Waals surface area contributed by atoms with Crippen LogP contribution in [0.15, 0.2) is 24.5 Å². The van der Waals surface area contributed by atoms with E-state index < -0.39 is 11.4 Å². The second-order valence-electron chi connectivity index (χ2n) is 5.62. The number of nitrogens with two attached hydrogens (primary N) is 2. The van der Waals surface area contributed by atoms with Crippen molar-refractivity contribution in [2.24, 2.45) is 17.4 Å². The Labute approximate surface area is 124 Å². The van der Waals surface area contributed by atoms with Crippen molar-refractivity contribution >= 4 is 11.8 Å². The SMILES string of the molecule is CCC(=O)N1CCC(C(N)(Cc2ccncc2)C(N)=O)C1. The van der Waals surface area contributed by atoms with Crippen LogP contribution in [0.3, 0.4) is 0 Å². The molecule has 6 heteroatoms. The molecule has 0 spiro atoms. The van der Waals surface area contributed by atoms with Gasteiger partial charge in [-0.15, -0.1) is 0 Å².